The number of Topliss-reactive ketones (excluding diaryl/α,β-unsaturated/α-hetero) is 1. The molecule has 3 aliphatic heterocycles. The molecule has 0 radical (unpaired) electrons. The highest BCUT2D eigenvalue weighted by Gasteiger charge is 2.52. The van der Waals surface area contributed by atoms with Crippen molar-refractivity contribution in [2.24, 2.45) is 35.5 Å². The van der Waals surface area contributed by atoms with Crippen LogP contribution in [0, 0.1) is 35.5 Å². The molecule has 0 aromatic heterocycles. The van der Waals surface area contributed by atoms with Gasteiger partial charge in [0.1, 0.15) is 24.4 Å². The summed E-state index contributed by atoms with van der Waals surface area (Å²) in [6.07, 6.45) is 10.8. The van der Waals surface area contributed by atoms with Gasteiger partial charge in [0, 0.05) is 39.2 Å². The molecule has 0 unspecified atom stereocenters. The number of esters is 1. The number of cyclic esters (lactones) is 1. The third-order valence-electron chi connectivity index (χ3n) is 13.3. The summed E-state index contributed by atoms with van der Waals surface area (Å²) in [5.41, 5.74) is 0.763. The van der Waals surface area contributed by atoms with Crippen molar-refractivity contribution in [1.29, 1.82) is 0 Å². The van der Waals surface area contributed by atoms with Crippen LogP contribution in [0.3, 0.4) is 0 Å². The van der Waals surface area contributed by atoms with Crippen LogP contribution in [0.5, 0.6) is 0 Å². The van der Waals surface area contributed by atoms with Gasteiger partial charge in [0.15, 0.2) is 18.4 Å². The van der Waals surface area contributed by atoms with E-state index in [4.69, 9.17) is 37.9 Å². The van der Waals surface area contributed by atoms with Gasteiger partial charge in [-0.2, -0.15) is 0 Å². The second kappa shape index (κ2) is 17.4. The average Bonchev–Trinajstić information content (AvgIpc) is 3.70. The Kier molecular flexibility index (Phi) is 13.4. The number of carbonyl (C=O) groups is 2. The quantitative estimate of drug-likeness (QED) is 0.222. The topological polar surface area (TPSA) is 111 Å². The SMILES string of the molecule is CC[C@H]1CCC[C@H](O[C@H]2CC[C@H](N(C)C)[C@@H](C)O2)[C@@H](C)C(=O)C2=C[C@H]3[C@H](C=C[C@H]4C[C@@H](O[C@@H]5O[C@@H](C)[C@H](OC)[C@@H](OC)[C@H]5OC)C[C@@H]34)[C@@H]2CC(=O)O1. The molecular formula is C41H65NO10. The number of ether oxygens (including phenoxy) is 8. The molecule has 0 aromatic rings. The van der Waals surface area contributed by atoms with Crippen LogP contribution in [0.15, 0.2) is 23.8 Å². The summed E-state index contributed by atoms with van der Waals surface area (Å²) in [7, 11) is 9.15. The van der Waals surface area contributed by atoms with Crippen LogP contribution in [0.4, 0.5) is 0 Å². The number of allylic oxidation sites excluding steroid dienone is 4. The van der Waals surface area contributed by atoms with Gasteiger partial charge in [-0.1, -0.05) is 32.1 Å². The fourth-order valence-corrected chi connectivity index (χ4v) is 10.4. The molecule has 0 bridgehead atoms. The third kappa shape index (κ3) is 8.27. The standard InChI is InChI=1S/C41H65NO10/c1-10-26-12-11-13-34(52-36-17-16-33(42(5)6)23(3)48-36)22(2)37(44)32-20-30-28(31(32)21-35(43)50-26)15-14-25-18-27(19-29(25)30)51-41-40(47-9)39(46-8)38(45-7)24(4)49-41/h14-15,20,22-31,33-34,36,38-41H,10-13,16-19,21H2,1-9H3/t22-,23-,24+,25+,26+,27-,28+,29-,30+,31+,33+,34+,36+,38+,39-,40-,41+/m1/s1. The van der Waals surface area contributed by atoms with Crippen LogP contribution in [0.2, 0.25) is 0 Å². The van der Waals surface area contributed by atoms with Crippen LogP contribution in [0.1, 0.15) is 85.5 Å². The van der Waals surface area contributed by atoms with Gasteiger partial charge in [-0.15, -0.1) is 0 Å². The Bertz CT molecular complexity index is 1290. The van der Waals surface area contributed by atoms with Crippen LogP contribution < -0.4 is 0 Å². The Morgan fingerprint density at radius 3 is 2.25 bits per heavy atom. The summed E-state index contributed by atoms with van der Waals surface area (Å²) in [5.74, 6) is 0.0198. The Hall–Kier alpha value is -1.70. The van der Waals surface area contributed by atoms with E-state index in [2.05, 4.69) is 51.1 Å². The predicted octanol–water partition coefficient (Wildman–Crippen LogP) is 5.49. The Morgan fingerprint density at radius 1 is 0.827 bits per heavy atom. The minimum atomic E-state index is -0.594. The molecule has 1 saturated carbocycles. The van der Waals surface area contributed by atoms with E-state index in [1.165, 1.54) is 0 Å². The number of rotatable bonds is 9. The number of fused-ring (bicyclic) bond motifs is 5. The smallest absolute Gasteiger partial charge is 0.306 e. The molecule has 11 heteroatoms. The first-order chi connectivity index (χ1) is 25.0. The van der Waals surface area contributed by atoms with Gasteiger partial charge in [-0.3, -0.25) is 9.59 Å². The normalized spacial score (nSPS) is 45.7. The van der Waals surface area contributed by atoms with E-state index >= 15 is 0 Å². The minimum absolute atomic E-state index is 0.0380. The second-order valence-electron chi connectivity index (χ2n) is 16.5. The number of carbonyl (C=O) groups excluding carboxylic acids is 2. The maximum absolute atomic E-state index is 14.7. The maximum atomic E-state index is 14.7. The van der Waals surface area contributed by atoms with Crippen molar-refractivity contribution in [3.63, 3.8) is 0 Å². The first-order valence-electron chi connectivity index (χ1n) is 20.0. The lowest BCUT2D eigenvalue weighted by atomic mass is 9.70. The number of nitrogens with zero attached hydrogens (tertiary/aromatic N) is 1. The Balaban J connectivity index is 1.20. The Morgan fingerprint density at radius 2 is 1.58 bits per heavy atom. The molecular weight excluding hydrogens is 666 g/mol. The molecule has 0 amide bonds. The molecule has 4 fully saturated rings. The summed E-state index contributed by atoms with van der Waals surface area (Å²) in [6, 6.07) is 0.339. The van der Waals surface area contributed by atoms with E-state index in [-0.39, 0.29) is 96.8 Å². The van der Waals surface area contributed by atoms with Crippen molar-refractivity contribution in [1.82, 2.24) is 4.90 Å². The van der Waals surface area contributed by atoms with Crippen molar-refractivity contribution >= 4 is 11.8 Å². The third-order valence-corrected chi connectivity index (χ3v) is 13.3. The zero-order valence-corrected chi connectivity index (χ0v) is 32.9. The molecule has 11 nitrogen and oxygen atoms in total. The second-order valence-corrected chi connectivity index (χ2v) is 16.5. The summed E-state index contributed by atoms with van der Waals surface area (Å²) in [6.45, 7) is 8.17. The minimum Gasteiger partial charge on any atom is -0.462 e. The van der Waals surface area contributed by atoms with Crippen LogP contribution in [0.25, 0.3) is 0 Å². The van der Waals surface area contributed by atoms with E-state index < -0.39 is 12.4 Å². The fraction of sp³-hybridized carbons (Fsp3) is 0.854. The monoisotopic (exact) mass is 731 g/mol. The van der Waals surface area contributed by atoms with E-state index in [0.717, 1.165) is 50.5 Å². The number of ketones is 1. The molecule has 6 aliphatic rings. The summed E-state index contributed by atoms with van der Waals surface area (Å²) >= 11 is 0. The molecule has 3 heterocycles. The lowest BCUT2D eigenvalue weighted by molar-refractivity contribution is -0.314. The molecule has 52 heavy (non-hydrogen) atoms. The van der Waals surface area contributed by atoms with Gasteiger partial charge >= 0.3 is 5.97 Å². The average molecular weight is 732 g/mol. The largest absolute Gasteiger partial charge is 0.462 e. The van der Waals surface area contributed by atoms with Crippen molar-refractivity contribution in [2.45, 2.75) is 153 Å². The maximum Gasteiger partial charge on any atom is 0.306 e. The lowest BCUT2D eigenvalue weighted by Gasteiger charge is -2.44. The van der Waals surface area contributed by atoms with Crippen LogP contribution in [-0.2, 0) is 47.5 Å². The predicted molar refractivity (Wildman–Crippen MR) is 194 cm³/mol. The van der Waals surface area contributed by atoms with Crippen LogP contribution >= 0.6 is 0 Å². The van der Waals surface area contributed by atoms with Crippen LogP contribution in [-0.4, -0.2) is 120 Å². The summed E-state index contributed by atoms with van der Waals surface area (Å²) in [5, 5.41) is 0. The molecule has 17 atom stereocenters. The van der Waals surface area contributed by atoms with Gasteiger partial charge in [-0.05, 0) is 109 Å². The first-order valence-corrected chi connectivity index (χ1v) is 20.0. The molecule has 0 spiro atoms. The zero-order valence-electron chi connectivity index (χ0n) is 32.9. The zero-order chi connectivity index (χ0) is 37.3. The highest BCUT2D eigenvalue weighted by molar-refractivity contribution is 5.99. The number of hydrogen-bond acceptors (Lipinski definition) is 11. The molecule has 3 aliphatic carbocycles. The fourth-order valence-electron chi connectivity index (χ4n) is 10.4. The van der Waals surface area contributed by atoms with Gasteiger partial charge in [0.25, 0.3) is 0 Å². The van der Waals surface area contributed by atoms with Gasteiger partial charge in [0.2, 0.25) is 0 Å². The van der Waals surface area contributed by atoms with E-state index in [0.29, 0.717) is 18.4 Å². The summed E-state index contributed by atoms with van der Waals surface area (Å²) < 4.78 is 49.5. The van der Waals surface area contributed by atoms with E-state index in [1.807, 2.05) is 13.8 Å². The number of hydrogen-bond donors (Lipinski definition) is 0. The van der Waals surface area contributed by atoms with Gasteiger partial charge < -0.3 is 42.8 Å². The van der Waals surface area contributed by atoms with Crippen molar-refractivity contribution in [3.05, 3.63) is 23.8 Å². The molecule has 0 N–H and O–H groups in total. The van der Waals surface area contributed by atoms with E-state index in [9.17, 15) is 9.59 Å². The number of methoxy groups -OCH3 is 3. The van der Waals surface area contributed by atoms with Crippen molar-refractivity contribution in [2.75, 3.05) is 35.4 Å². The molecule has 6 rings (SSSR count). The van der Waals surface area contributed by atoms with Gasteiger partial charge in [-0.25, -0.2) is 0 Å². The van der Waals surface area contributed by atoms with E-state index in [1.54, 1.807) is 21.3 Å². The van der Waals surface area contributed by atoms with Gasteiger partial charge in [0.05, 0.1) is 30.8 Å². The molecule has 294 valence electrons. The highest BCUT2D eigenvalue weighted by Crippen LogP contribution is 2.54. The Labute approximate surface area is 311 Å². The summed E-state index contributed by atoms with van der Waals surface area (Å²) in [4.78, 5) is 30.4. The molecule has 3 saturated heterocycles. The van der Waals surface area contributed by atoms with Crippen molar-refractivity contribution in [3.8, 4) is 0 Å². The van der Waals surface area contributed by atoms with Crippen molar-refractivity contribution < 1.29 is 47.5 Å². The number of likely N-dealkylation sites (N-methyl/N-ethyl adjacent to an activating group) is 1. The highest BCUT2D eigenvalue weighted by atomic mass is 16.7. The molecule has 0 aromatic carbocycles. The lowest BCUT2D eigenvalue weighted by Crippen LogP contribution is -2.59. The first kappa shape index (κ1) is 40.0.